The summed E-state index contributed by atoms with van der Waals surface area (Å²) in [6.45, 7) is 6.11. The highest BCUT2D eigenvalue weighted by Crippen LogP contribution is 2.25. The molecule has 24 heavy (non-hydrogen) atoms. The molecule has 1 aromatic carbocycles. The van der Waals surface area contributed by atoms with Gasteiger partial charge in [-0.2, -0.15) is 0 Å². The molecule has 0 spiro atoms. The summed E-state index contributed by atoms with van der Waals surface area (Å²) < 4.78 is 5.36. The molecule has 0 unspecified atom stereocenters. The smallest absolute Gasteiger partial charge is 0.339 e. The second-order valence-electron chi connectivity index (χ2n) is 6.18. The van der Waals surface area contributed by atoms with Gasteiger partial charge >= 0.3 is 5.97 Å². The number of hydrogen-bond donors (Lipinski definition) is 2. The molecule has 0 bridgehead atoms. The minimum Gasteiger partial charge on any atom is -0.478 e. The van der Waals surface area contributed by atoms with Crippen LogP contribution in [0.4, 0.5) is 0 Å². The first-order valence-corrected chi connectivity index (χ1v) is 8.02. The second kappa shape index (κ2) is 7.09. The van der Waals surface area contributed by atoms with E-state index in [0.29, 0.717) is 23.7 Å². The van der Waals surface area contributed by atoms with Crippen molar-refractivity contribution in [2.45, 2.75) is 32.6 Å². The van der Waals surface area contributed by atoms with Crippen molar-refractivity contribution in [2.24, 2.45) is 0 Å². The van der Waals surface area contributed by atoms with Crippen LogP contribution in [0.2, 0.25) is 5.02 Å². The number of amides is 1. The zero-order chi connectivity index (χ0) is 17.9. The Balaban J connectivity index is 2.11. The van der Waals surface area contributed by atoms with Crippen molar-refractivity contribution in [3.05, 3.63) is 58.0 Å². The Hall–Kier alpha value is -2.27. The van der Waals surface area contributed by atoms with Gasteiger partial charge in [0.1, 0.15) is 11.3 Å². The van der Waals surface area contributed by atoms with E-state index in [1.165, 1.54) is 6.07 Å². The lowest BCUT2D eigenvalue weighted by Gasteiger charge is -2.25. The summed E-state index contributed by atoms with van der Waals surface area (Å²) in [5.74, 6) is -1.24. The van der Waals surface area contributed by atoms with Crippen LogP contribution in [0.3, 0.4) is 0 Å². The maximum atomic E-state index is 12.3. The molecule has 1 amide bonds. The van der Waals surface area contributed by atoms with Gasteiger partial charge in [0.15, 0.2) is 5.76 Å². The van der Waals surface area contributed by atoms with Crippen LogP contribution in [0.1, 0.15) is 53.0 Å². The van der Waals surface area contributed by atoms with Gasteiger partial charge < -0.3 is 14.8 Å². The number of nitrogens with one attached hydrogen (secondary N) is 1. The van der Waals surface area contributed by atoms with Gasteiger partial charge in [0.05, 0.1) is 0 Å². The zero-order valence-corrected chi connectivity index (χ0v) is 14.6. The van der Waals surface area contributed by atoms with Crippen molar-refractivity contribution < 1.29 is 19.1 Å². The molecule has 1 aromatic heterocycles. The number of benzene rings is 1. The molecule has 1 heterocycles. The number of aryl methyl sites for hydroxylation is 1. The maximum absolute atomic E-state index is 12.3. The fourth-order valence-electron chi connectivity index (χ4n) is 2.38. The van der Waals surface area contributed by atoms with Crippen molar-refractivity contribution in [1.29, 1.82) is 0 Å². The first-order chi connectivity index (χ1) is 11.2. The summed E-state index contributed by atoms with van der Waals surface area (Å²) in [6, 6.07) is 8.73. The number of carbonyl (C=O) groups excluding carboxylic acids is 1. The van der Waals surface area contributed by atoms with E-state index in [9.17, 15) is 9.59 Å². The minimum absolute atomic E-state index is 0.00569. The minimum atomic E-state index is -1.10. The number of hydrogen-bond acceptors (Lipinski definition) is 3. The second-order valence-corrected chi connectivity index (χ2v) is 6.62. The van der Waals surface area contributed by atoms with Crippen molar-refractivity contribution >= 4 is 23.5 Å². The summed E-state index contributed by atoms with van der Waals surface area (Å²) in [4.78, 5) is 23.4. The van der Waals surface area contributed by atoms with Crippen LogP contribution in [0, 0.1) is 0 Å². The van der Waals surface area contributed by atoms with Gasteiger partial charge in [-0.15, -0.1) is 0 Å². The van der Waals surface area contributed by atoms with Gasteiger partial charge in [-0.25, -0.2) is 4.79 Å². The molecule has 2 aromatic rings. The van der Waals surface area contributed by atoms with Crippen molar-refractivity contribution in [2.75, 3.05) is 6.54 Å². The first-order valence-electron chi connectivity index (χ1n) is 7.65. The van der Waals surface area contributed by atoms with Crippen molar-refractivity contribution in [1.82, 2.24) is 5.32 Å². The summed E-state index contributed by atoms with van der Waals surface area (Å²) in [6.07, 6.45) is 0.406. The van der Waals surface area contributed by atoms with Crippen LogP contribution >= 0.6 is 11.6 Å². The van der Waals surface area contributed by atoms with Gasteiger partial charge in [-0.1, -0.05) is 44.5 Å². The summed E-state index contributed by atoms with van der Waals surface area (Å²) in [7, 11) is 0. The molecule has 0 saturated heterocycles. The number of carbonyl (C=O) groups is 2. The molecule has 5 nitrogen and oxygen atoms in total. The van der Waals surface area contributed by atoms with Gasteiger partial charge in [0.2, 0.25) is 0 Å². The number of halogens is 1. The lowest BCUT2D eigenvalue weighted by molar-refractivity contribution is 0.0694. The van der Waals surface area contributed by atoms with E-state index >= 15 is 0 Å². The maximum Gasteiger partial charge on any atom is 0.339 e. The largest absolute Gasteiger partial charge is 0.478 e. The van der Waals surface area contributed by atoms with Gasteiger partial charge in [-0.3, -0.25) is 4.79 Å². The Morgan fingerprint density at radius 2 is 2.00 bits per heavy atom. The number of carboxylic acid groups (broad SMARTS) is 1. The van der Waals surface area contributed by atoms with Crippen LogP contribution in [0.25, 0.3) is 0 Å². The molecular formula is C18H20ClNO4. The average molecular weight is 350 g/mol. The Morgan fingerprint density at radius 1 is 1.29 bits per heavy atom. The fourth-order valence-corrected chi connectivity index (χ4v) is 2.57. The molecule has 0 atom stereocenters. The highest BCUT2D eigenvalue weighted by atomic mass is 35.5. The highest BCUT2D eigenvalue weighted by Gasteiger charge is 2.24. The quantitative estimate of drug-likeness (QED) is 0.828. The van der Waals surface area contributed by atoms with E-state index in [-0.39, 0.29) is 16.7 Å². The molecule has 128 valence electrons. The first kappa shape index (κ1) is 18.1. The third-order valence-electron chi connectivity index (χ3n) is 3.88. The molecule has 2 rings (SSSR count). The van der Waals surface area contributed by atoms with Crippen molar-refractivity contribution in [3.63, 3.8) is 0 Å². The van der Waals surface area contributed by atoms with Crippen LogP contribution in [-0.2, 0) is 11.8 Å². The Labute approximate surface area is 145 Å². The number of rotatable bonds is 6. The zero-order valence-electron chi connectivity index (χ0n) is 13.9. The van der Waals surface area contributed by atoms with Crippen LogP contribution < -0.4 is 5.32 Å². The number of furan rings is 1. The predicted molar refractivity (Wildman–Crippen MR) is 91.9 cm³/mol. The van der Waals surface area contributed by atoms with Crippen LogP contribution in [0.15, 0.2) is 34.7 Å². The average Bonchev–Trinajstić information content (AvgIpc) is 2.97. The highest BCUT2D eigenvalue weighted by molar-refractivity contribution is 6.30. The van der Waals surface area contributed by atoms with E-state index in [1.54, 1.807) is 13.0 Å². The van der Waals surface area contributed by atoms with E-state index in [4.69, 9.17) is 21.1 Å². The van der Waals surface area contributed by atoms with Gasteiger partial charge in [0, 0.05) is 29.5 Å². The third-order valence-corrected chi connectivity index (χ3v) is 4.12. The number of carboxylic acids is 1. The van der Waals surface area contributed by atoms with E-state index < -0.39 is 11.9 Å². The molecule has 6 heteroatoms. The SMILES string of the molecule is CCc1oc(C(=O)NCC(C)(C)c2cccc(Cl)c2)cc1C(=O)O. The Morgan fingerprint density at radius 3 is 2.54 bits per heavy atom. The Bertz CT molecular complexity index is 764. The molecule has 0 aliphatic carbocycles. The molecule has 0 aliphatic heterocycles. The van der Waals surface area contributed by atoms with Gasteiger partial charge in [0.25, 0.3) is 5.91 Å². The lowest BCUT2D eigenvalue weighted by Crippen LogP contribution is -2.36. The topological polar surface area (TPSA) is 79.5 Å². The van der Waals surface area contributed by atoms with Crippen LogP contribution in [0.5, 0.6) is 0 Å². The monoisotopic (exact) mass is 349 g/mol. The van der Waals surface area contributed by atoms with E-state index in [1.807, 2.05) is 32.0 Å². The predicted octanol–water partition coefficient (Wildman–Crippen LogP) is 3.90. The summed E-state index contributed by atoms with van der Waals surface area (Å²) in [5, 5.41) is 12.5. The molecule has 2 N–H and O–H groups in total. The van der Waals surface area contributed by atoms with E-state index in [2.05, 4.69) is 5.32 Å². The summed E-state index contributed by atoms with van der Waals surface area (Å²) >= 11 is 6.02. The van der Waals surface area contributed by atoms with E-state index in [0.717, 1.165) is 5.56 Å². The lowest BCUT2D eigenvalue weighted by atomic mass is 9.84. The molecule has 0 fully saturated rings. The normalized spacial score (nSPS) is 11.3. The molecule has 0 saturated carbocycles. The standard InChI is InChI=1S/C18H20ClNO4/c1-4-14-13(17(22)23)9-15(24-14)16(21)20-10-18(2,3)11-6-5-7-12(19)8-11/h5-9H,4,10H2,1-3H3,(H,20,21)(H,22,23). The number of aromatic carboxylic acids is 1. The van der Waals surface area contributed by atoms with Crippen molar-refractivity contribution in [3.8, 4) is 0 Å². The summed E-state index contributed by atoms with van der Waals surface area (Å²) in [5.41, 5.74) is 0.683. The molecular weight excluding hydrogens is 330 g/mol. The molecule has 0 radical (unpaired) electrons. The molecule has 0 aliphatic rings. The van der Waals surface area contributed by atoms with Crippen LogP contribution in [-0.4, -0.2) is 23.5 Å². The third kappa shape index (κ3) is 3.97. The van der Waals surface area contributed by atoms with Gasteiger partial charge in [-0.05, 0) is 17.7 Å². The fraction of sp³-hybridized carbons (Fsp3) is 0.333. The Kier molecular flexibility index (Phi) is 5.34.